The molecule has 3 rings (SSSR count). The summed E-state index contributed by atoms with van der Waals surface area (Å²) in [5, 5.41) is 2.15. The molecule has 134 valence electrons. The zero-order chi connectivity index (χ0) is 18.7. The Morgan fingerprint density at radius 2 is 1.69 bits per heavy atom. The first-order chi connectivity index (χ1) is 12.5. The van der Waals surface area contributed by atoms with Gasteiger partial charge in [-0.05, 0) is 42.7 Å². The third-order valence-corrected chi connectivity index (χ3v) is 4.36. The summed E-state index contributed by atoms with van der Waals surface area (Å²) < 4.78 is 10.5. The first-order valence-electron chi connectivity index (χ1n) is 8.53. The van der Waals surface area contributed by atoms with Crippen LogP contribution in [-0.4, -0.2) is 23.5 Å². The van der Waals surface area contributed by atoms with Gasteiger partial charge in [-0.2, -0.15) is 0 Å². The maximum absolute atomic E-state index is 12.6. The number of H-pyrrole nitrogens is 1. The molecule has 0 saturated heterocycles. The SMILES string of the molecule is CCOC(=O)c1[nH]c(C)c(C(=O)OCc2cccc3ccccc23)c1C. The van der Waals surface area contributed by atoms with E-state index in [4.69, 9.17) is 9.47 Å². The minimum Gasteiger partial charge on any atom is -0.461 e. The highest BCUT2D eigenvalue weighted by Gasteiger charge is 2.23. The molecule has 1 aromatic heterocycles. The molecule has 0 fully saturated rings. The molecule has 0 radical (unpaired) electrons. The maximum Gasteiger partial charge on any atom is 0.355 e. The van der Waals surface area contributed by atoms with Crippen LogP contribution in [0.2, 0.25) is 0 Å². The zero-order valence-corrected chi connectivity index (χ0v) is 15.1. The fourth-order valence-corrected chi connectivity index (χ4v) is 3.10. The maximum atomic E-state index is 12.6. The summed E-state index contributed by atoms with van der Waals surface area (Å²) in [5.41, 5.74) is 2.75. The molecule has 0 saturated carbocycles. The fraction of sp³-hybridized carbons (Fsp3) is 0.238. The number of hydrogen-bond donors (Lipinski definition) is 1. The van der Waals surface area contributed by atoms with Gasteiger partial charge in [0.1, 0.15) is 12.3 Å². The molecule has 5 nitrogen and oxygen atoms in total. The summed E-state index contributed by atoms with van der Waals surface area (Å²) in [5.74, 6) is -0.930. The van der Waals surface area contributed by atoms with E-state index >= 15 is 0 Å². The van der Waals surface area contributed by atoms with Gasteiger partial charge in [0.2, 0.25) is 0 Å². The van der Waals surface area contributed by atoms with E-state index in [1.807, 2.05) is 42.5 Å². The molecule has 0 unspecified atom stereocenters. The van der Waals surface area contributed by atoms with E-state index in [-0.39, 0.29) is 13.2 Å². The summed E-state index contributed by atoms with van der Waals surface area (Å²) in [6, 6.07) is 13.9. The van der Waals surface area contributed by atoms with Crippen molar-refractivity contribution in [1.29, 1.82) is 0 Å². The van der Waals surface area contributed by atoms with Crippen LogP contribution in [0.4, 0.5) is 0 Å². The molecule has 0 aliphatic rings. The van der Waals surface area contributed by atoms with Gasteiger partial charge in [-0.25, -0.2) is 9.59 Å². The number of aromatic nitrogens is 1. The van der Waals surface area contributed by atoms with E-state index in [1.54, 1.807) is 20.8 Å². The Kier molecular flexibility index (Phi) is 5.07. The van der Waals surface area contributed by atoms with Gasteiger partial charge in [-0.15, -0.1) is 0 Å². The average Bonchev–Trinajstić information content (AvgIpc) is 2.94. The molecule has 0 amide bonds. The van der Waals surface area contributed by atoms with E-state index in [0.717, 1.165) is 16.3 Å². The molecular formula is C21H21NO4. The second kappa shape index (κ2) is 7.44. The average molecular weight is 351 g/mol. The first kappa shape index (κ1) is 17.7. The van der Waals surface area contributed by atoms with Crippen LogP contribution >= 0.6 is 0 Å². The van der Waals surface area contributed by atoms with Crippen molar-refractivity contribution in [2.75, 3.05) is 6.61 Å². The Bertz CT molecular complexity index is 966. The van der Waals surface area contributed by atoms with Crippen LogP contribution in [0.1, 0.15) is 44.6 Å². The highest BCUT2D eigenvalue weighted by molar-refractivity contribution is 5.98. The molecule has 0 bridgehead atoms. The van der Waals surface area contributed by atoms with Crippen molar-refractivity contribution in [2.24, 2.45) is 0 Å². The van der Waals surface area contributed by atoms with Crippen molar-refractivity contribution < 1.29 is 19.1 Å². The van der Waals surface area contributed by atoms with Crippen LogP contribution in [0, 0.1) is 13.8 Å². The van der Waals surface area contributed by atoms with E-state index in [1.165, 1.54) is 0 Å². The van der Waals surface area contributed by atoms with Gasteiger partial charge in [0.15, 0.2) is 0 Å². The van der Waals surface area contributed by atoms with Crippen LogP contribution in [0.25, 0.3) is 10.8 Å². The number of ether oxygens (including phenoxy) is 2. The molecule has 0 aliphatic heterocycles. The summed E-state index contributed by atoms with van der Waals surface area (Å²) in [4.78, 5) is 27.5. The van der Waals surface area contributed by atoms with Gasteiger partial charge in [-0.1, -0.05) is 42.5 Å². The van der Waals surface area contributed by atoms with Crippen LogP contribution in [0.3, 0.4) is 0 Å². The highest BCUT2D eigenvalue weighted by atomic mass is 16.5. The van der Waals surface area contributed by atoms with Crippen molar-refractivity contribution in [3.8, 4) is 0 Å². The van der Waals surface area contributed by atoms with Crippen molar-refractivity contribution in [3.63, 3.8) is 0 Å². The molecule has 2 aromatic carbocycles. The van der Waals surface area contributed by atoms with Gasteiger partial charge in [0.05, 0.1) is 12.2 Å². The normalized spacial score (nSPS) is 10.7. The van der Waals surface area contributed by atoms with Gasteiger partial charge < -0.3 is 14.5 Å². The van der Waals surface area contributed by atoms with Gasteiger partial charge in [0.25, 0.3) is 0 Å². The molecule has 1 N–H and O–H groups in total. The standard InChI is InChI=1S/C21H21NO4/c1-4-25-21(24)19-13(2)18(14(3)22-19)20(23)26-12-16-10-7-9-15-8-5-6-11-17(15)16/h5-11,22H,4,12H2,1-3H3. The van der Waals surface area contributed by atoms with Crippen LogP contribution in [0.5, 0.6) is 0 Å². The number of aromatic amines is 1. The van der Waals surface area contributed by atoms with Crippen molar-refractivity contribution in [3.05, 3.63) is 70.5 Å². The Labute approximate surface area is 151 Å². The Morgan fingerprint density at radius 3 is 2.46 bits per heavy atom. The molecule has 26 heavy (non-hydrogen) atoms. The van der Waals surface area contributed by atoms with Crippen LogP contribution < -0.4 is 0 Å². The lowest BCUT2D eigenvalue weighted by Crippen LogP contribution is -2.09. The van der Waals surface area contributed by atoms with Crippen LogP contribution in [-0.2, 0) is 16.1 Å². The number of esters is 2. The largest absolute Gasteiger partial charge is 0.461 e. The molecule has 0 aliphatic carbocycles. The lowest BCUT2D eigenvalue weighted by molar-refractivity contribution is 0.0473. The smallest absolute Gasteiger partial charge is 0.355 e. The zero-order valence-electron chi connectivity index (χ0n) is 15.1. The first-order valence-corrected chi connectivity index (χ1v) is 8.53. The molecule has 0 atom stereocenters. The summed E-state index contributed by atoms with van der Waals surface area (Å²) in [7, 11) is 0. The molecule has 3 aromatic rings. The lowest BCUT2D eigenvalue weighted by Gasteiger charge is -2.08. The number of aryl methyl sites for hydroxylation is 1. The molecule has 5 heteroatoms. The summed E-state index contributed by atoms with van der Waals surface area (Å²) in [6.45, 7) is 5.63. The molecule has 1 heterocycles. The predicted octanol–water partition coefficient (Wildman–Crippen LogP) is 4.32. The summed E-state index contributed by atoms with van der Waals surface area (Å²) in [6.07, 6.45) is 0. The third kappa shape index (κ3) is 3.33. The number of fused-ring (bicyclic) bond motifs is 1. The van der Waals surface area contributed by atoms with Gasteiger partial charge in [-0.3, -0.25) is 0 Å². The van der Waals surface area contributed by atoms with E-state index in [0.29, 0.717) is 22.5 Å². The van der Waals surface area contributed by atoms with Crippen molar-refractivity contribution >= 4 is 22.7 Å². The number of hydrogen-bond acceptors (Lipinski definition) is 4. The van der Waals surface area contributed by atoms with Gasteiger partial charge in [0, 0.05) is 5.69 Å². The Morgan fingerprint density at radius 1 is 0.962 bits per heavy atom. The molecule has 0 spiro atoms. The van der Waals surface area contributed by atoms with E-state index < -0.39 is 11.9 Å². The second-order valence-corrected chi connectivity index (χ2v) is 6.06. The monoisotopic (exact) mass is 351 g/mol. The Hall–Kier alpha value is -3.08. The third-order valence-electron chi connectivity index (χ3n) is 4.36. The predicted molar refractivity (Wildman–Crippen MR) is 99.3 cm³/mol. The van der Waals surface area contributed by atoms with Crippen LogP contribution in [0.15, 0.2) is 42.5 Å². The fourth-order valence-electron chi connectivity index (χ4n) is 3.10. The number of benzene rings is 2. The van der Waals surface area contributed by atoms with E-state index in [2.05, 4.69) is 4.98 Å². The van der Waals surface area contributed by atoms with Crippen molar-refractivity contribution in [1.82, 2.24) is 4.98 Å². The topological polar surface area (TPSA) is 68.4 Å². The number of rotatable bonds is 5. The van der Waals surface area contributed by atoms with E-state index in [9.17, 15) is 9.59 Å². The number of carbonyl (C=O) groups excluding carboxylic acids is 2. The number of nitrogens with one attached hydrogen (secondary N) is 1. The van der Waals surface area contributed by atoms with Crippen molar-refractivity contribution in [2.45, 2.75) is 27.4 Å². The minimum absolute atomic E-state index is 0.166. The van der Waals surface area contributed by atoms with Gasteiger partial charge >= 0.3 is 11.9 Å². The Balaban J connectivity index is 1.81. The lowest BCUT2D eigenvalue weighted by atomic mass is 10.1. The summed E-state index contributed by atoms with van der Waals surface area (Å²) >= 11 is 0. The second-order valence-electron chi connectivity index (χ2n) is 6.06. The number of carbonyl (C=O) groups is 2. The molecular weight excluding hydrogens is 330 g/mol. The highest BCUT2D eigenvalue weighted by Crippen LogP contribution is 2.22. The quantitative estimate of drug-likeness (QED) is 0.695. The minimum atomic E-state index is -0.471.